The van der Waals surface area contributed by atoms with Crippen LogP contribution in [0.4, 0.5) is 0 Å². The highest BCUT2D eigenvalue weighted by Crippen LogP contribution is 2.58. The van der Waals surface area contributed by atoms with Crippen LogP contribution in [0.5, 0.6) is 0 Å². The van der Waals surface area contributed by atoms with Gasteiger partial charge in [-0.25, -0.2) is 0 Å². The third kappa shape index (κ3) is 12.8. The van der Waals surface area contributed by atoms with Gasteiger partial charge in [-0.2, -0.15) is 0 Å². The molecule has 0 radical (unpaired) electrons. The lowest BCUT2D eigenvalue weighted by Gasteiger charge is -2.16. The molecule has 0 N–H and O–H groups in total. The minimum atomic E-state index is 1.23. The summed E-state index contributed by atoms with van der Waals surface area (Å²) in [5.41, 5.74) is 39.1. The van der Waals surface area contributed by atoms with Gasteiger partial charge in [0.05, 0.1) is 0 Å². The van der Waals surface area contributed by atoms with Crippen LogP contribution < -0.4 is 0 Å². The highest BCUT2D eigenvalue weighted by atomic mass is 14.3. The summed E-state index contributed by atoms with van der Waals surface area (Å²) in [4.78, 5) is 0. The first-order chi connectivity index (χ1) is 70.5. The zero-order valence-electron chi connectivity index (χ0n) is 77.7. The Labute approximate surface area is 822 Å². The van der Waals surface area contributed by atoms with E-state index < -0.39 is 0 Å². The van der Waals surface area contributed by atoms with Crippen LogP contribution in [-0.4, -0.2) is 0 Å². The van der Waals surface area contributed by atoms with E-state index >= 15 is 0 Å². The smallest absolute Gasteiger partial charge is 0.00199 e. The average molecular weight is 1790 g/mol. The Hall–Kier alpha value is -18.5. The second-order valence-corrected chi connectivity index (χ2v) is 38.5. The van der Waals surface area contributed by atoms with Crippen LogP contribution >= 0.6 is 0 Å². The Bertz CT molecular complexity index is 10100. The summed E-state index contributed by atoms with van der Waals surface area (Å²) in [5, 5.41) is 34.5. The lowest BCUT2D eigenvalue weighted by molar-refractivity contribution is 1.58. The molecule has 0 aliphatic heterocycles. The van der Waals surface area contributed by atoms with E-state index in [4.69, 9.17) is 0 Å². The van der Waals surface area contributed by atoms with Crippen molar-refractivity contribution >= 4 is 140 Å². The van der Waals surface area contributed by atoms with E-state index in [0.717, 1.165) is 0 Å². The molecule has 654 valence electrons. The molecule has 142 heavy (non-hydrogen) atoms. The zero-order valence-corrected chi connectivity index (χ0v) is 77.7. The van der Waals surface area contributed by atoms with Gasteiger partial charge in [0, 0.05) is 0 Å². The Morgan fingerprint density at radius 1 is 0.0704 bits per heavy atom. The lowest BCUT2D eigenvalue weighted by Crippen LogP contribution is -1.90. The van der Waals surface area contributed by atoms with Gasteiger partial charge in [0.15, 0.2) is 0 Å². The highest BCUT2D eigenvalue weighted by Gasteiger charge is 2.30. The second kappa shape index (κ2) is 32.6. The minimum absolute atomic E-state index is 1.23. The molecule has 0 heteroatoms. The molecule has 0 nitrogen and oxygen atoms in total. The zero-order chi connectivity index (χ0) is 93.1. The molecular weight excluding hydrogens is 1710 g/mol. The molecule has 0 aromatic heterocycles. The van der Waals surface area contributed by atoms with Gasteiger partial charge >= 0.3 is 0 Å². The van der Waals surface area contributed by atoms with Crippen LogP contribution in [0.3, 0.4) is 0 Å². The standard InChI is InChI=1S/C42H26.C36H22.C34H20.C30H18/c1-3-12-27(13-4-1)29-22-30(28-14-5-2-6-15-28)24-31(23-29)38-25-40-37-21-11-20-36-32-16-7-10-19-35(32)41(42(36)37)26-39(40)34-18-9-8-17-33(34)38;1-2-9-23(10-3-1)24-17-19-25(20-18-24)32-21-34-31-16-8-15-30-26-11-4-7-14-29(26)35(36(30)31)22-33(34)28-13-6-5-12-27(28)32;1-2-9-22-18-23(17-16-21(22)8-1)30-19-32-29-15-7-14-28-24-10-3-6-13-27(24)33(34(28)29)20-31(32)26-12-5-4-11-25(26)30;1-2-9-19(10-3-1)26-17-28-25-16-8-15-24-20-11-4-7-14-23(20)29(30(24)25)18-27(28)22-13-6-5-12-21(22)26/h1-26H;1-22H;1-20H;1-18H. The third-order valence-electron chi connectivity index (χ3n) is 30.9. The maximum atomic E-state index is 2.45. The molecule has 0 spiro atoms. The molecule has 0 unspecified atom stereocenters. The van der Waals surface area contributed by atoms with Gasteiger partial charge < -0.3 is 0 Å². The van der Waals surface area contributed by atoms with Gasteiger partial charge in [-0.15, -0.1) is 0 Å². The predicted octanol–water partition coefficient (Wildman–Crippen LogP) is 40.0. The minimum Gasteiger partial charge on any atom is -0.0622 e. The third-order valence-corrected chi connectivity index (χ3v) is 30.9. The van der Waals surface area contributed by atoms with Crippen LogP contribution in [0.2, 0.25) is 0 Å². The van der Waals surface area contributed by atoms with Gasteiger partial charge in [0.1, 0.15) is 0 Å². The molecule has 0 bridgehead atoms. The molecule has 0 saturated carbocycles. The van der Waals surface area contributed by atoms with Crippen molar-refractivity contribution in [3.8, 4) is 167 Å². The topological polar surface area (TPSA) is 0 Å². The summed E-state index contributed by atoms with van der Waals surface area (Å²) in [6, 6.07) is 192. The van der Waals surface area contributed by atoms with E-state index in [2.05, 4.69) is 522 Å². The van der Waals surface area contributed by atoms with Crippen LogP contribution in [0.25, 0.3) is 307 Å². The molecule has 28 aromatic carbocycles. The largest absolute Gasteiger partial charge is 0.0622 e. The average Bonchev–Trinajstić information content (AvgIpc) is 1.58. The summed E-state index contributed by atoms with van der Waals surface area (Å²) < 4.78 is 0. The Balaban J connectivity index is 0.0000000910. The van der Waals surface area contributed by atoms with E-state index in [1.165, 1.54) is 307 Å². The SMILES string of the molecule is c1ccc(-c2cc(-c3ccccc3)cc(-c3cc4c5cccc6c5c(cc4c4ccccc34)-c3ccccc3-6)c2)cc1.c1ccc(-c2cc3c4cccc5c4c(cc3c3ccccc23)-c2ccccc2-5)cc1.c1ccc(-c2ccc(-c3cc4c5cccc6c5c(cc4c4ccccc34)-c3ccccc3-6)cc2)cc1.c1ccc2c(c1)-c1cccc3c1c-2cc1c2ccccc2c(-c2ccc4ccccc4c2)cc31. The number of fused-ring (bicyclic) bond motifs is 29. The van der Waals surface area contributed by atoms with Crippen molar-refractivity contribution in [3.05, 3.63) is 522 Å². The number of rotatable bonds is 7. The normalized spacial score (nSPS) is 11.9. The molecule has 4 aliphatic carbocycles. The first kappa shape index (κ1) is 80.8. The maximum absolute atomic E-state index is 2.45. The van der Waals surface area contributed by atoms with E-state index in [-0.39, 0.29) is 0 Å². The number of benzene rings is 28. The monoisotopic (exact) mass is 1790 g/mol. The van der Waals surface area contributed by atoms with Gasteiger partial charge in [-0.1, -0.05) is 449 Å². The van der Waals surface area contributed by atoms with Gasteiger partial charge in [0.2, 0.25) is 0 Å². The van der Waals surface area contributed by atoms with Crippen molar-refractivity contribution in [2.24, 2.45) is 0 Å². The van der Waals surface area contributed by atoms with Gasteiger partial charge in [-0.05, 0) is 380 Å². The molecule has 0 fully saturated rings. The maximum Gasteiger partial charge on any atom is -0.00199 e. The molecule has 0 heterocycles. The van der Waals surface area contributed by atoms with E-state index in [1.807, 2.05) is 0 Å². The molecule has 28 aromatic rings. The van der Waals surface area contributed by atoms with Gasteiger partial charge in [-0.3, -0.25) is 0 Å². The summed E-state index contributed by atoms with van der Waals surface area (Å²) >= 11 is 0. The van der Waals surface area contributed by atoms with E-state index in [9.17, 15) is 0 Å². The lowest BCUT2D eigenvalue weighted by atomic mass is 9.87. The molecule has 0 amide bonds. The summed E-state index contributed by atoms with van der Waals surface area (Å²) in [6.07, 6.45) is 0. The van der Waals surface area contributed by atoms with E-state index in [1.54, 1.807) is 0 Å². The second-order valence-electron chi connectivity index (χ2n) is 38.5. The Morgan fingerprint density at radius 2 is 0.268 bits per heavy atom. The summed E-state index contributed by atoms with van der Waals surface area (Å²) in [6.45, 7) is 0. The fraction of sp³-hybridized carbons (Fsp3) is 0. The predicted molar refractivity (Wildman–Crippen MR) is 609 cm³/mol. The fourth-order valence-electron chi connectivity index (χ4n) is 24.6. The quantitative estimate of drug-likeness (QED) is 0.140. The van der Waals surface area contributed by atoms with Crippen LogP contribution in [-0.2, 0) is 0 Å². The molecular formula is C142H86. The summed E-state index contributed by atoms with van der Waals surface area (Å²) in [5.74, 6) is 0. The number of hydrogen-bond acceptors (Lipinski definition) is 0. The molecule has 0 saturated heterocycles. The molecule has 4 aliphatic rings. The van der Waals surface area contributed by atoms with Crippen LogP contribution in [0, 0.1) is 0 Å². The first-order valence-electron chi connectivity index (χ1n) is 49.5. The van der Waals surface area contributed by atoms with Crippen molar-refractivity contribution in [3.63, 3.8) is 0 Å². The molecule has 0 atom stereocenters. The highest BCUT2D eigenvalue weighted by molar-refractivity contribution is 6.34. The van der Waals surface area contributed by atoms with Crippen molar-refractivity contribution in [2.75, 3.05) is 0 Å². The van der Waals surface area contributed by atoms with Crippen molar-refractivity contribution < 1.29 is 0 Å². The van der Waals surface area contributed by atoms with Crippen molar-refractivity contribution in [2.45, 2.75) is 0 Å². The van der Waals surface area contributed by atoms with E-state index in [0.29, 0.717) is 0 Å². The summed E-state index contributed by atoms with van der Waals surface area (Å²) in [7, 11) is 0. The van der Waals surface area contributed by atoms with Crippen molar-refractivity contribution in [1.82, 2.24) is 0 Å². The first-order valence-corrected chi connectivity index (χ1v) is 49.5. The Morgan fingerprint density at radius 3 is 0.599 bits per heavy atom. The number of hydrogen-bond donors (Lipinski definition) is 0. The molecule has 32 rings (SSSR count). The van der Waals surface area contributed by atoms with Crippen LogP contribution in [0.1, 0.15) is 0 Å². The van der Waals surface area contributed by atoms with Crippen molar-refractivity contribution in [1.29, 1.82) is 0 Å². The van der Waals surface area contributed by atoms with Gasteiger partial charge in [0.25, 0.3) is 0 Å². The van der Waals surface area contributed by atoms with Crippen LogP contribution in [0.15, 0.2) is 522 Å². The fourth-order valence-corrected chi connectivity index (χ4v) is 24.6. The Kier molecular flexibility index (Phi) is 18.6.